The van der Waals surface area contributed by atoms with Crippen molar-refractivity contribution in [1.29, 1.82) is 0 Å². The fourth-order valence-electron chi connectivity index (χ4n) is 5.71. The van der Waals surface area contributed by atoms with Gasteiger partial charge >= 0.3 is 5.69 Å². The lowest BCUT2D eigenvalue weighted by Crippen LogP contribution is -2.37. The van der Waals surface area contributed by atoms with E-state index in [4.69, 9.17) is 26.5 Å². The lowest BCUT2D eigenvalue weighted by Gasteiger charge is -2.27. The van der Waals surface area contributed by atoms with Gasteiger partial charge in [0.05, 0.1) is 37.4 Å². The van der Waals surface area contributed by atoms with E-state index < -0.39 is 0 Å². The minimum atomic E-state index is -0.270. The first-order valence-corrected chi connectivity index (χ1v) is 13.3. The number of aromatic nitrogens is 3. The number of hydrogen-bond donors (Lipinski definition) is 0. The highest BCUT2D eigenvalue weighted by Crippen LogP contribution is 2.46. The normalized spacial score (nSPS) is 18.3. The Hall–Kier alpha value is -3.68. The van der Waals surface area contributed by atoms with Gasteiger partial charge in [0.2, 0.25) is 5.95 Å². The highest BCUT2D eigenvalue weighted by molar-refractivity contribution is 6.30. The summed E-state index contributed by atoms with van der Waals surface area (Å²) in [6.45, 7) is 3.85. The zero-order valence-corrected chi connectivity index (χ0v) is 22.4. The van der Waals surface area contributed by atoms with Crippen LogP contribution in [0, 0.1) is 6.92 Å². The van der Waals surface area contributed by atoms with Crippen LogP contribution in [0.5, 0.6) is 0 Å². The highest BCUT2D eigenvalue weighted by atomic mass is 35.5. The van der Waals surface area contributed by atoms with Gasteiger partial charge in [-0.25, -0.2) is 14.5 Å². The second-order valence-corrected chi connectivity index (χ2v) is 10.6. The number of aryl methyl sites for hydroxylation is 2. The molecule has 0 unspecified atom stereocenters. The van der Waals surface area contributed by atoms with Crippen LogP contribution in [0.25, 0.3) is 0 Å². The Kier molecular flexibility index (Phi) is 6.41. The van der Waals surface area contributed by atoms with Crippen LogP contribution in [0.15, 0.2) is 82.7 Å². The Labute approximate surface area is 226 Å². The van der Waals surface area contributed by atoms with E-state index in [0.29, 0.717) is 37.2 Å². The van der Waals surface area contributed by atoms with Crippen molar-refractivity contribution in [3.05, 3.63) is 116 Å². The van der Waals surface area contributed by atoms with E-state index >= 15 is 0 Å². The lowest BCUT2D eigenvalue weighted by molar-refractivity contribution is 0.186. The Bertz CT molecular complexity index is 1560. The van der Waals surface area contributed by atoms with E-state index in [-0.39, 0.29) is 11.1 Å². The maximum atomic E-state index is 13.5. The van der Waals surface area contributed by atoms with Crippen molar-refractivity contribution >= 4 is 23.3 Å². The third-order valence-corrected chi connectivity index (χ3v) is 7.92. The van der Waals surface area contributed by atoms with Gasteiger partial charge in [-0.05, 0) is 54.2 Å². The molecule has 0 N–H and O–H groups in total. The molecule has 38 heavy (non-hydrogen) atoms. The molecule has 1 aromatic heterocycles. The fraction of sp³-hybridized carbons (Fsp3) is 0.300. The standard InChI is InChI=1S/C30H30ClN5O2/c1-21-7-11-24(12-8-21)27-30(16-15-23-5-3-4-6-26(23)30)20-36(32-27)28-33-35(29(37)34(28)17-18-38-2)19-22-9-13-25(31)14-10-22/h3-14H,15-20H2,1-2H3/t30-/m1/s1. The maximum Gasteiger partial charge on any atom is 0.347 e. The molecule has 0 radical (unpaired) electrons. The van der Waals surface area contributed by atoms with Gasteiger partial charge in [-0.2, -0.15) is 5.10 Å². The number of anilines is 1. The monoisotopic (exact) mass is 527 g/mol. The van der Waals surface area contributed by atoms with E-state index in [1.54, 1.807) is 11.7 Å². The van der Waals surface area contributed by atoms with Crippen molar-refractivity contribution in [2.45, 2.75) is 38.3 Å². The minimum absolute atomic E-state index is 0.188. The van der Waals surface area contributed by atoms with Gasteiger partial charge in [-0.3, -0.25) is 4.57 Å². The van der Waals surface area contributed by atoms with Crippen molar-refractivity contribution in [2.24, 2.45) is 5.10 Å². The van der Waals surface area contributed by atoms with E-state index in [2.05, 4.69) is 55.5 Å². The van der Waals surface area contributed by atoms with Gasteiger partial charge < -0.3 is 4.74 Å². The van der Waals surface area contributed by atoms with Crippen LogP contribution >= 0.6 is 11.6 Å². The van der Waals surface area contributed by atoms with E-state index in [1.165, 1.54) is 21.4 Å². The van der Waals surface area contributed by atoms with Gasteiger partial charge in [0, 0.05) is 12.1 Å². The molecule has 4 aromatic rings. The molecule has 3 aromatic carbocycles. The topological polar surface area (TPSA) is 64.7 Å². The summed E-state index contributed by atoms with van der Waals surface area (Å²) in [5.74, 6) is 0.534. The molecule has 2 aliphatic rings. The van der Waals surface area contributed by atoms with Gasteiger partial charge in [0.25, 0.3) is 0 Å². The molecule has 6 rings (SSSR count). The number of ether oxygens (including phenoxy) is 1. The van der Waals surface area contributed by atoms with E-state index in [0.717, 1.165) is 29.7 Å². The first kappa shape index (κ1) is 24.6. The Morgan fingerprint density at radius 3 is 2.55 bits per heavy atom. The predicted molar refractivity (Wildman–Crippen MR) is 150 cm³/mol. The summed E-state index contributed by atoms with van der Waals surface area (Å²) in [5, 5.41) is 12.6. The number of hydrogen-bond acceptors (Lipinski definition) is 5. The average molecular weight is 528 g/mol. The Morgan fingerprint density at radius 1 is 1.03 bits per heavy atom. The summed E-state index contributed by atoms with van der Waals surface area (Å²) in [4.78, 5) is 13.5. The SMILES string of the molecule is COCCn1c(N2C[C@@]3(CCc4ccccc43)C(c3ccc(C)cc3)=N2)nn(Cc2ccc(Cl)cc2)c1=O. The van der Waals surface area contributed by atoms with Gasteiger partial charge in [-0.15, -0.1) is 5.10 Å². The molecule has 0 amide bonds. The molecule has 1 atom stereocenters. The van der Waals surface area contributed by atoms with E-state index in [1.807, 2.05) is 29.3 Å². The molecular weight excluding hydrogens is 498 g/mol. The van der Waals surface area contributed by atoms with Crippen molar-refractivity contribution in [3.63, 3.8) is 0 Å². The molecule has 1 spiro atoms. The summed E-state index contributed by atoms with van der Waals surface area (Å²) in [6.07, 6.45) is 1.96. The maximum absolute atomic E-state index is 13.5. The summed E-state index contributed by atoms with van der Waals surface area (Å²) < 4.78 is 8.51. The highest BCUT2D eigenvalue weighted by Gasteiger charge is 2.49. The molecule has 194 valence electrons. The van der Waals surface area contributed by atoms with Crippen molar-refractivity contribution < 1.29 is 4.74 Å². The zero-order valence-electron chi connectivity index (χ0n) is 21.6. The van der Waals surface area contributed by atoms with Crippen LogP contribution in [0.3, 0.4) is 0 Å². The number of hydrazone groups is 1. The number of benzene rings is 3. The number of methoxy groups -OCH3 is 1. The van der Waals surface area contributed by atoms with Gasteiger partial charge in [-0.1, -0.05) is 77.8 Å². The first-order chi connectivity index (χ1) is 18.5. The minimum Gasteiger partial charge on any atom is -0.383 e. The number of fused-ring (bicyclic) bond motifs is 2. The van der Waals surface area contributed by atoms with Gasteiger partial charge in [0.1, 0.15) is 0 Å². The molecule has 0 saturated heterocycles. The number of rotatable bonds is 7. The fourth-order valence-corrected chi connectivity index (χ4v) is 5.83. The Balaban J connectivity index is 1.45. The molecule has 1 aliphatic carbocycles. The van der Waals surface area contributed by atoms with Crippen LogP contribution in [0.4, 0.5) is 5.95 Å². The Morgan fingerprint density at radius 2 is 1.79 bits per heavy atom. The van der Waals surface area contributed by atoms with Crippen LogP contribution < -0.4 is 10.7 Å². The molecule has 1 aliphatic heterocycles. The molecule has 2 heterocycles. The van der Waals surface area contributed by atoms with Gasteiger partial charge in [0.15, 0.2) is 0 Å². The summed E-state index contributed by atoms with van der Waals surface area (Å²) >= 11 is 6.06. The third-order valence-electron chi connectivity index (χ3n) is 7.67. The predicted octanol–water partition coefficient (Wildman–Crippen LogP) is 4.81. The molecule has 8 heteroatoms. The number of nitrogens with zero attached hydrogens (tertiary/aromatic N) is 5. The average Bonchev–Trinajstić information content (AvgIpc) is 3.59. The second kappa shape index (κ2) is 9.89. The first-order valence-electron chi connectivity index (χ1n) is 12.9. The third kappa shape index (κ3) is 4.25. The van der Waals surface area contributed by atoms with Crippen molar-refractivity contribution in [3.8, 4) is 0 Å². The molecule has 7 nitrogen and oxygen atoms in total. The number of halogens is 1. The zero-order chi connectivity index (χ0) is 26.3. The molecule has 0 fully saturated rings. The van der Waals surface area contributed by atoms with Crippen LogP contribution in [0.1, 0.15) is 34.2 Å². The smallest absolute Gasteiger partial charge is 0.347 e. The van der Waals surface area contributed by atoms with Crippen molar-refractivity contribution in [1.82, 2.24) is 14.3 Å². The van der Waals surface area contributed by atoms with Crippen molar-refractivity contribution in [2.75, 3.05) is 25.3 Å². The largest absolute Gasteiger partial charge is 0.383 e. The molecule has 0 saturated carbocycles. The van der Waals surface area contributed by atoms with E-state index in [9.17, 15) is 4.79 Å². The molecular formula is C30H30ClN5O2. The lowest BCUT2D eigenvalue weighted by atomic mass is 9.75. The summed E-state index contributed by atoms with van der Waals surface area (Å²) in [7, 11) is 1.64. The quantitative estimate of drug-likeness (QED) is 0.346. The summed E-state index contributed by atoms with van der Waals surface area (Å²) in [6, 6.07) is 24.7. The summed E-state index contributed by atoms with van der Waals surface area (Å²) in [5.41, 5.74) is 6.50. The van der Waals surface area contributed by atoms with Crippen LogP contribution in [0.2, 0.25) is 5.02 Å². The van der Waals surface area contributed by atoms with Crippen LogP contribution in [-0.2, 0) is 29.7 Å². The van der Waals surface area contributed by atoms with Crippen LogP contribution in [-0.4, -0.2) is 40.3 Å². The molecule has 0 bridgehead atoms. The second-order valence-electron chi connectivity index (χ2n) is 10.1.